The molecule has 1 atom stereocenters. The Labute approximate surface area is 148 Å². The molecule has 0 aliphatic carbocycles. The van der Waals surface area contributed by atoms with E-state index >= 15 is 0 Å². The first kappa shape index (κ1) is 20.6. The number of ether oxygens (including phenoxy) is 1. The second-order valence-corrected chi connectivity index (χ2v) is 8.15. The smallest absolute Gasteiger partial charge is 0.383 e. The van der Waals surface area contributed by atoms with Crippen molar-refractivity contribution < 1.29 is 27.0 Å². The Morgan fingerprint density at radius 3 is 2.46 bits per heavy atom. The van der Waals surface area contributed by atoms with E-state index < -0.39 is 19.5 Å². The topological polar surface area (TPSA) is 89.3 Å². The molecule has 1 heterocycles. The van der Waals surface area contributed by atoms with Crippen LogP contribution in [0.25, 0.3) is 11.4 Å². The highest BCUT2D eigenvalue weighted by molar-refractivity contribution is 7.59. The maximum atomic E-state index is 12.6. The van der Waals surface area contributed by atoms with Gasteiger partial charge in [-0.15, -0.1) is 0 Å². The van der Waals surface area contributed by atoms with Crippen molar-refractivity contribution in [2.75, 3.05) is 26.4 Å². The van der Waals surface area contributed by atoms with Crippen LogP contribution in [0.15, 0.2) is 28.8 Å². The van der Waals surface area contributed by atoms with Gasteiger partial charge in [-0.25, -0.2) is 0 Å². The Morgan fingerprint density at radius 2 is 1.92 bits per heavy atom. The van der Waals surface area contributed by atoms with E-state index in [0.29, 0.717) is 31.4 Å². The van der Waals surface area contributed by atoms with Gasteiger partial charge >= 0.3 is 12.1 Å². The molecule has 7 nitrogen and oxygen atoms in total. The summed E-state index contributed by atoms with van der Waals surface area (Å²) in [6, 6.07) is 6.55. The quantitative estimate of drug-likeness (QED) is 0.500. The van der Waals surface area contributed by atoms with E-state index in [-0.39, 0.29) is 5.82 Å². The molecule has 1 unspecified atom stereocenters. The van der Waals surface area contributed by atoms with E-state index in [1.807, 2.05) is 6.92 Å². The first-order chi connectivity index (χ1) is 12.3. The number of rotatable bonds is 9. The predicted octanol–water partition coefficient (Wildman–Crippen LogP) is 3.29. The van der Waals surface area contributed by atoms with Gasteiger partial charge in [-0.1, -0.05) is 36.3 Å². The van der Waals surface area contributed by atoms with Crippen LogP contribution in [0.2, 0.25) is 0 Å². The summed E-state index contributed by atoms with van der Waals surface area (Å²) in [5.74, 6) is -1.53. The van der Waals surface area contributed by atoms with Gasteiger partial charge in [-0.3, -0.25) is 14.7 Å². The molecule has 2 rings (SSSR count). The van der Waals surface area contributed by atoms with Gasteiger partial charge in [0.2, 0.25) is 13.3 Å². The Bertz CT molecular complexity index is 749. The number of alkyl halides is 3. The maximum Gasteiger partial charge on any atom is 0.471 e. The van der Waals surface area contributed by atoms with Crippen LogP contribution in [0.5, 0.6) is 0 Å². The second kappa shape index (κ2) is 8.77. The molecule has 11 heteroatoms. The molecule has 0 spiro atoms. The average Bonchev–Trinajstić information content (AvgIpc) is 3.11. The van der Waals surface area contributed by atoms with E-state index in [0.717, 1.165) is 5.56 Å². The van der Waals surface area contributed by atoms with Crippen LogP contribution in [0, 0.1) is 0 Å². The molecule has 0 aliphatic rings. The zero-order valence-corrected chi connectivity index (χ0v) is 15.2. The lowest BCUT2D eigenvalue weighted by molar-refractivity contribution is -0.159. The summed E-state index contributed by atoms with van der Waals surface area (Å²) in [6.07, 6.45) is -4.25. The molecular weight excluding hydrogens is 372 g/mol. The molecule has 2 aromatic rings. The van der Waals surface area contributed by atoms with Gasteiger partial charge in [0.1, 0.15) is 0 Å². The van der Waals surface area contributed by atoms with Crippen molar-refractivity contribution in [2.45, 2.75) is 19.6 Å². The lowest BCUT2D eigenvalue weighted by Crippen LogP contribution is -2.26. The first-order valence-corrected chi connectivity index (χ1v) is 9.75. The highest BCUT2D eigenvalue weighted by Crippen LogP contribution is 2.35. The Morgan fingerprint density at radius 1 is 1.23 bits per heavy atom. The van der Waals surface area contributed by atoms with Crippen LogP contribution in [0.3, 0.4) is 0 Å². The van der Waals surface area contributed by atoms with Gasteiger partial charge in [0, 0.05) is 31.9 Å². The molecule has 144 valence electrons. The standard InChI is InChI=1S/C15H20F3N4O3P/c1-3-26(23,19-8-9-24-2)20-10-11-4-6-12(7-5-11)13-21-14(25-22-13)15(16,17)18/h4-7H,3,8-10H2,1-2H3,(H2,19,20,23). The summed E-state index contributed by atoms with van der Waals surface area (Å²) in [5, 5.41) is 9.28. The summed E-state index contributed by atoms with van der Waals surface area (Å²) >= 11 is 0. The zero-order chi connectivity index (χ0) is 19.2. The van der Waals surface area contributed by atoms with Gasteiger partial charge in [0.15, 0.2) is 0 Å². The van der Waals surface area contributed by atoms with Gasteiger partial charge in [-0.05, 0) is 5.56 Å². The van der Waals surface area contributed by atoms with Crippen molar-refractivity contribution >= 4 is 7.44 Å². The van der Waals surface area contributed by atoms with Gasteiger partial charge in [0.25, 0.3) is 0 Å². The van der Waals surface area contributed by atoms with Crippen LogP contribution in [0.4, 0.5) is 13.2 Å². The number of methoxy groups -OCH3 is 1. The summed E-state index contributed by atoms with van der Waals surface area (Å²) in [4.78, 5) is 3.34. The Balaban J connectivity index is 1.99. The minimum Gasteiger partial charge on any atom is -0.383 e. The number of hydrogen-bond acceptors (Lipinski definition) is 5. The number of benzene rings is 1. The summed E-state index contributed by atoms with van der Waals surface area (Å²) < 4.78 is 59.2. The number of nitrogens with one attached hydrogen (secondary N) is 2. The Kier molecular flexibility index (Phi) is 6.94. The minimum atomic E-state index is -4.67. The molecular formula is C15H20F3N4O3P. The fraction of sp³-hybridized carbons (Fsp3) is 0.467. The third-order valence-electron chi connectivity index (χ3n) is 3.54. The van der Waals surface area contributed by atoms with Crippen LogP contribution < -0.4 is 10.2 Å². The third-order valence-corrected chi connectivity index (χ3v) is 5.83. The highest BCUT2D eigenvalue weighted by Gasteiger charge is 2.38. The van der Waals surface area contributed by atoms with Gasteiger partial charge in [0.05, 0.1) is 6.61 Å². The molecule has 0 radical (unpaired) electrons. The molecule has 0 fully saturated rings. The molecule has 0 amide bonds. The molecule has 2 N–H and O–H groups in total. The summed E-state index contributed by atoms with van der Waals surface area (Å²) in [6.45, 7) is 3.06. The van der Waals surface area contributed by atoms with Crippen LogP contribution in [-0.2, 0) is 22.0 Å². The maximum absolute atomic E-state index is 12.6. The average molecular weight is 392 g/mol. The van der Waals surface area contributed by atoms with E-state index in [1.54, 1.807) is 31.4 Å². The van der Waals surface area contributed by atoms with E-state index in [2.05, 4.69) is 24.8 Å². The summed E-state index contributed by atoms with van der Waals surface area (Å²) in [5.41, 5.74) is 1.21. The molecule has 0 aliphatic heterocycles. The molecule has 0 bridgehead atoms. The van der Waals surface area contributed by atoms with Crippen molar-refractivity contribution in [2.24, 2.45) is 0 Å². The van der Waals surface area contributed by atoms with Crippen molar-refractivity contribution in [3.05, 3.63) is 35.7 Å². The molecule has 1 aromatic heterocycles. The van der Waals surface area contributed by atoms with Gasteiger partial charge < -0.3 is 9.26 Å². The number of nitrogens with zero attached hydrogens (tertiary/aromatic N) is 2. The van der Waals surface area contributed by atoms with Gasteiger partial charge in [-0.2, -0.15) is 18.2 Å². The third kappa shape index (κ3) is 5.63. The minimum absolute atomic E-state index is 0.141. The van der Waals surface area contributed by atoms with Crippen molar-refractivity contribution in [1.29, 1.82) is 0 Å². The zero-order valence-electron chi connectivity index (χ0n) is 14.3. The second-order valence-electron chi connectivity index (χ2n) is 5.41. The van der Waals surface area contributed by atoms with Crippen molar-refractivity contribution in [3.63, 3.8) is 0 Å². The monoisotopic (exact) mass is 392 g/mol. The van der Waals surface area contributed by atoms with E-state index in [4.69, 9.17) is 4.74 Å². The van der Waals surface area contributed by atoms with Crippen LogP contribution >= 0.6 is 7.44 Å². The van der Waals surface area contributed by atoms with E-state index in [9.17, 15) is 17.7 Å². The molecule has 26 heavy (non-hydrogen) atoms. The number of halogens is 3. The van der Waals surface area contributed by atoms with Crippen LogP contribution in [-0.4, -0.2) is 36.6 Å². The Hall–Kier alpha value is -1.74. The first-order valence-electron chi connectivity index (χ1n) is 7.86. The van der Waals surface area contributed by atoms with E-state index in [1.165, 1.54) is 0 Å². The predicted molar refractivity (Wildman–Crippen MR) is 89.6 cm³/mol. The van der Waals surface area contributed by atoms with Crippen molar-refractivity contribution in [3.8, 4) is 11.4 Å². The van der Waals surface area contributed by atoms with Crippen molar-refractivity contribution in [1.82, 2.24) is 20.3 Å². The fourth-order valence-corrected chi connectivity index (χ4v) is 3.50. The largest absolute Gasteiger partial charge is 0.471 e. The highest BCUT2D eigenvalue weighted by atomic mass is 31.2. The lowest BCUT2D eigenvalue weighted by Gasteiger charge is -2.19. The number of aromatic nitrogens is 2. The lowest BCUT2D eigenvalue weighted by atomic mass is 10.1. The normalized spacial score (nSPS) is 14.3. The molecule has 1 aromatic carbocycles. The SMILES string of the molecule is CCP(=O)(NCCOC)NCc1ccc(-c2noc(C(F)(F)F)n2)cc1. The molecule has 0 saturated heterocycles. The molecule has 0 saturated carbocycles. The number of hydrogen-bond donors (Lipinski definition) is 2. The summed E-state index contributed by atoms with van der Waals surface area (Å²) in [7, 11) is -1.16. The fourth-order valence-electron chi connectivity index (χ4n) is 2.05. The van der Waals surface area contributed by atoms with Crippen LogP contribution in [0.1, 0.15) is 18.4 Å².